The molecule has 13 heavy (non-hydrogen) atoms. The van der Waals surface area contributed by atoms with Gasteiger partial charge in [-0.25, -0.2) is 0 Å². The molecule has 0 aliphatic heterocycles. The molecule has 1 aliphatic carbocycles. The summed E-state index contributed by atoms with van der Waals surface area (Å²) in [7, 11) is 0. The fourth-order valence-electron chi connectivity index (χ4n) is 1.56. The molecule has 1 saturated carbocycles. The van der Waals surface area contributed by atoms with Crippen molar-refractivity contribution in [3.8, 4) is 0 Å². The molecule has 2 rings (SSSR count). The average Bonchev–Trinajstić information content (AvgIpc) is 2.07. The lowest BCUT2D eigenvalue weighted by molar-refractivity contribution is 0.685. The van der Waals surface area contributed by atoms with E-state index >= 15 is 0 Å². The molecule has 1 N–H and O–H groups in total. The van der Waals surface area contributed by atoms with E-state index in [4.69, 9.17) is 28.6 Å². The number of halogens is 2. The van der Waals surface area contributed by atoms with Gasteiger partial charge in [-0.15, -0.1) is 0 Å². The van der Waals surface area contributed by atoms with Crippen LogP contribution in [-0.4, -0.2) is 5.71 Å². The van der Waals surface area contributed by atoms with Crippen molar-refractivity contribution in [3.05, 3.63) is 33.8 Å². The van der Waals surface area contributed by atoms with Gasteiger partial charge < -0.3 is 5.41 Å². The average molecular weight is 214 g/mol. The van der Waals surface area contributed by atoms with Crippen molar-refractivity contribution in [3.63, 3.8) is 0 Å². The lowest BCUT2D eigenvalue weighted by Gasteiger charge is -2.28. The van der Waals surface area contributed by atoms with Gasteiger partial charge in [-0.2, -0.15) is 0 Å². The smallest absolute Gasteiger partial charge is 0.0459 e. The molecule has 1 aromatic rings. The second kappa shape index (κ2) is 3.32. The number of benzene rings is 1. The van der Waals surface area contributed by atoms with Gasteiger partial charge in [0, 0.05) is 21.7 Å². The summed E-state index contributed by atoms with van der Waals surface area (Å²) in [6, 6.07) is 5.49. The molecule has 1 nitrogen and oxygen atoms in total. The second-order valence-corrected chi connectivity index (χ2v) is 4.13. The van der Waals surface area contributed by atoms with Gasteiger partial charge in [0.2, 0.25) is 0 Å². The summed E-state index contributed by atoms with van der Waals surface area (Å²) in [5, 5.41) is 8.92. The zero-order valence-corrected chi connectivity index (χ0v) is 8.49. The van der Waals surface area contributed by atoms with Crippen LogP contribution in [0.2, 0.25) is 10.0 Å². The van der Waals surface area contributed by atoms with Crippen LogP contribution in [0.25, 0.3) is 0 Å². The monoisotopic (exact) mass is 213 g/mol. The number of nitrogens with one attached hydrogen (secondary N) is 1. The maximum Gasteiger partial charge on any atom is 0.0459 e. The number of rotatable bonds is 1. The van der Waals surface area contributed by atoms with E-state index in [0.717, 1.165) is 24.1 Å². The third-order valence-corrected chi connectivity index (χ3v) is 3.02. The summed E-state index contributed by atoms with van der Waals surface area (Å²) in [6.45, 7) is 0. The van der Waals surface area contributed by atoms with E-state index in [1.54, 1.807) is 6.07 Å². The predicted molar refractivity (Wildman–Crippen MR) is 56.2 cm³/mol. The Labute approximate surface area is 87.2 Å². The second-order valence-electron chi connectivity index (χ2n) is 3.28. The van der Waals surface area contributed by atoms with Crippen LogP contribution in [0.3, 0.4) is 0 Å². The Morgan fingerprint density at radius 3 is 2.54 bits per heavy atom. The van der Waals surface area contributed by atoms with Crippen molar-refractivity contribution < 1.29 is 0 Å². The van der Waals surface area contributed by atoms with Gasteiger partial charge in [0.25, 0.3) is 0 Å². The van der Waals surface area contributed by atoms with Gasteiger partial charge in [-0.1, -0.05) is 29.3 Å². The number of hydrogen-bond acceptors (Lipinski definition) is 1. The fraction of sp³-hybridized carbons (Fsp3) is 0.300. The molecule has 0 spiro atoms. The summed E-state index contributed by atoms with van der Waals surface area (Å²) in [6.07, 6.45) is 1.95. The molecule has 1 atom stereocenters. The van der Waals surface area contributed by atoms with Crippen molar-refractivity contribution in [2.45, 2.75) is 18.8 Å². The van der Waals surface area contributed by atoms with Gasteiger partial charge >= 0.3 is 0 Å². The summed E-state index contributed by atoms with van der Waals surface area (Å²) in [4.78, 5) is 0. The van der Waals surface area contributed by atoms with Crippen molar-refractivity contribution in [1.29, 1.82) is 5.41 Å². The molecule has 0 radical (unpaired) electrons. The third kappa shape index (κ3) is 1.59. The van der Waals surface area contributed by atoms with Gasteiger partial charge in [0.15, 0.2) is 0 Å². The molecule has 1 unspecified atom stereocenters. The van der Waals surface area contributed by atoms with Gasteiger partial charge in [0.05, 0.1) is 0 Å². The lowest BCUT2D eigenvalue weighted by atomic mass is 9.78. The van der Waals surface area contributed by atoms with Gasteiger partial charge in [0.1, 0.15) is 0 Å². The molecule has 0 saturated heterocycles. The Bertz CT molecular complexity index is 360. The molecule has 0 amide bonds. The van der Waals surface area contributed by atoms with Gasteiger partial charge in [-0.05, 0) is 30.5 Å². The standard InChI is InChI=1S/C10H9Cl2N/c11-6-1-2-7(9(12)5-6)8-3-4-10(8)13/h1-2,5,8,13H,3-4H2. The first-order valence-electron chi connectivity index (χ1n) is 4.21. The van der Waals surface area contributed by atoms with E-state index in [0.29, 0.717) is 10.0 Å². The van der Waals surface area contributed by atoms with Gasteiger partial charge in [-0.3, -0.25) is 0 Å². The SMILES string of the molecule is N=C1CCC1c1ccc(Cl)cc1Cl. The Morgan fingerprint density at radius 1 is 1.31 bits per heavy atom. The highest BCUT2D eigenvalue weighted by atomic mass is 35.5. The summed E-state index contributed by atoms with van der Waals surface area (Å²) < 4.78 is 0. The third-order valence-electron chi connectivity index (χ3n) is 2.46. The van der Waals surface area contributed by atoms with Crippen LogP contribution in [0.15, 0.2) is 18.2 Å². The molecule has 0 heterocycles. The van der Waals surface area contributed by atoms with Crippen molar-refractivity contribution >= 4 is 28.9 Å². The fourth-order valence-corrected chi connectivity index (χ4v) is 2.10. The molecular formula is C10H9Cl2N. The van der Waals surface area contributed by atoms with Crippen molar-refractivity contribution in [2.24, 2.45) is 0 Å². The van der Waals surface area contributed by atoms with Crippen LogP contribution in [0.1, 0.15) is 24.3 Å². The Hall–Kier alpha value is -0.530. The first kappa shape index (κ1) is 9.04. The zero-order valence-electron chi connectivity index (χ0n) is 6.98. The molecule has 0 aromatic heterocycles. The Morgan fingerprint density at radius 2 is 2.08 bits per heavy atom. The quantitative estimate of drug-likeness (QED) is 0.733. The molecule has 68 valence electrons. The normalized spacial score (nSPS) is 21.4. The molecule has 3 heteroatoms. The maximum absolute atomic E-state index is 7.58. The van der Waals surface area contributed by atoms with Crippen LogP contribution in [-0.2, 0) is 0 Å². The summed E-state index contributed by atoms with van der Waals surface area (Å²) in [5.74, 6) is 0.241. The largest absolute Gasteiger partial charge is 0.309 e. The topological polar surface area (TPSA) is 23.9 Å². The highest BCUT2D eigenvalue weighted by Crippen LogP contribution is 2.37. The van der Waals surface area contributed by atoms with Crippen LogP contribution in [0.5, 0.6) is 0 Å². The summed E-state index contributed by atoms with van der Waals surface area (Å²) in [5.41, 5.74) is 1.83. The van der Waals surface area contributed by atoms with Crippen molar-refractivity contribution in [2.75, 3.05) is 0 Å². The molecular weight excluding hydrogens is 205 g/mol. The molecule has 1 aliphatic rings. The van der Waals surface area contributed by atoms with Crippen LogP contribution >= 0.6 is 23.2 Å². The Balaban J connectivity index is 2.35. The van der Waals surface area contributed by atoms with E-state index in [9.17, 15) is 0 Å². The van der Waals surface area contributed by atoms with E-state index in [1.165, 1.54) is 0 Å². The van der Waals surface area contributed by atoms with Crippen molar-refractivity contribution in [1.82, 2.24) is 0 Å². The van der Waals surface area contributed by atoms with E-state index < -0.39 is 0 Å². The zero-order chi connectivity index (χ0) is 9.42. The lowest BCUT2D eigenvalue weighted by Crippen LogP contribution is -2.22. The predicted octanol–water partition coefficient (Wildman–Crippen LogP) is 3.89. The first-order valence-corrected chi connectivity index (χ1v) is 4.96. The van der Waals surface area contributed by atoms with Crippen LogP contribution in [0.4, 0.5) is 0 Å². The Kier molecular flexibility index (Phi) is 2.31. The molecule has 1 aromatic carbocycles. The van der Waals surface area contributed by atoms with E-state index in [1.807, 2.05) is 12.1 Å². The van der Waals surface area contributed by atoms with Crippen LogP contribution < -0.4 is 0 Å². The maximum atomic E-state index is 7.58. The minimum absolute atomic E-state index is 0.241. The van der Waals surface area contributed by atoms with E-state index in [-0.39, 0.29) is 5.92 Å². The minimum atomic E-state index is 0.241. The van der Waals surface area contributed by atoms with E-state index in [2.05, 4.69) is 0 Å². The highest BCUT2D eigenvalue weighted by Gasteiger charge is 2.27. The molecule has 1 fully saturated rings. The molecule has 0 bridgehead atoms. The first-order chi connectivity index (χ1) is 6.18. The van der Waals surface area contributed by atoms with Crippen LogP contribution in [0, 0.1) is 5.41 Å². The summed E-state index contributed by atoms with van der Waals surface area (Å²) >= 11 is 11.8. The minimum Gasteiger partial charge on any atom is -0.309 e. The number of hydrogen-bond donors (Lipinski definition) is 1. The highest BCUT2D eigenvalue weighted by molar-refractivity contribution is 6.35.